The van der Waals surface area contributed by atoms with Crippen LogP contribution in [0.4, 0.5) is 0 Å². The SMILES string of the molecule is CC(C)=C1CC[C@H](C)[C@]12CCC(=O)O2. The van der Waals surface area contributed by atoms with Gasteiger partial charge in [0.1, 0.15) is 5.60 Å². The first kappa shape index (κ1) is 9.75. The van der Waals surface area contributed by atoms with Gasteiger partial charge in [-0.25, -0.2) is 0 Å². The molecule has 1 saturated heterocycles. The Balaban J connectivity index is 2.39. The average molecular weight is 194 g/mol. The number of allylic oxidation sites excluding steroid dienone is 1. The highest BCUT2D eigenvalue weighted by molar-refractivity contribution is 5.73. The highest BCUT2D eigenvalue weighted by atomic mass is 16.6. The van der Waals surface area contributed by atoms with E-state index in [1.165, 1.54) is 11.1 Å². The molecule has 2 rings (SSSR count). The highest BCUT2D eigenvalue weighted by Gasteiger charge is 2.51. The van der Waals surface area contributed by atoms with E-state index in [4.69, 9.17) is 4.74 Å². The molecule has 1 heterocycles. The summed E-state index contributed by atoms with van der Waals surface area (Å²) >= 11 is 0. The molecule has 0 N–H and O–H groups in total. The van der Waals surface area contributed by atoms with Crippen LogP contribution in [-0.2, 0) is 9.53 Å². The second-order valence-corrected chi connectivity index (χ2v) is 4.78. The summed E-state index contributed by atoms with van der Waals surface area (Å²) in [5.41, 5.74) is 2.51. The largest absolute Gasteiger partial charge is 0.454 e. The van der Waals surface area contributed by atoms with Gasteiger partial charge in [-0.3, -0.25) is 4.79 Å². The Bertz CT molecular complexity index is 299. The lowest BCUT2D eigenvalue weighted by Gasteiger charge is -2.29. The summed E-state index contributed by atoms with van der Waals surface area (Å²) < 4.78 is 5.60. The number of carbonyl (C=O) groups excluding carboxylic acids is 1. The van der Waals surface area contributed by atoms with E-state index in [1.54, 1.807) is 0 Å². The molecular formula is C12H18O2. The van der Waals surface area contributed by atoms with Crippen molar-refractivity contribution in [1.29, 1.82) is 0 Å². The van der Waals surface area contributed by atoms with Gasteiger partial charge in [-0.05, 0) is 32.3 Å². The lowest BCUT2D eigenvalue weighted by molar-refractivity contribution is -0.147. The fourth-order valence-corrected chi connectivity index (χ4v) is 2.93. The van der Waals surface area contributed by atoms with E-state index in [1.807, 2.05) is 0 Å². The van der Waals surface area contributed by atoms with Gasteiger partial charge in [-0.15, -0.1) is 0 Å². The Labute approximate surface area is 85.3 Å². The van der Waals surface area contributed by atoms with Crippen molar-refractivity contribution in [2.24, 2.45) is 5.92 Å². The number of hydrogen-bond acceptors (Lipinski definition) is 2. The van der Waals surface area contributed by atoms with Crippen molar-refractivity contribution in [2.45, 2.75) is 52.1 Å². The molecule has 0 aromatic carbocycles. The number of carbonyl (C=O) groups is 1. The third kappa shape index (κ3) is 1.20. The van der Waals surface area contributed by atoms with Crippen LogP contribution in [0.5, 0.6) is 0 Å². The van der Waals surface area contributed by atoms with Crippen LogP contribution in [0.1, 0.15) is 46.5 Å². The highest BCUT2D eigenvalue weighted by Crippen LogP contribution is 2.50. The van der Waals surface area contributed by atoms with Gasteiger partial charge >= 0.3 is 5.97 Å². The molecule has 1 spiro atoms. The van der Waals surface area contributed by atoms with Crippen LogP contribution < -0.4 is 0 Å². The molecule has 2 atom stereocenters. The second kappa shape index (κ2) is 3.11. The summed E-state index contributed by atoms with van der Waals surface area (Å²) in [7, 11) is 0. The minimum atomic E-state index is -0.212. The van der Waals surface area contributed by atoms with Crippen molar-refractivity contribution in [1.82, 2.24) is 0 Å². The first-order valence-electron chi connectivity index (χ1n) is 5.45. The summed E-state index contributed by atoms with van der Waals surface area (Å²) in [5.74, 6) is 0.483. The van der Waals surface area contributed by atoms with Gasteiger partial charge in [-0.1, -0.05) is 12.5 Å². The molecule has 0 unspecified atom stereocenters. The molecule has 1 saturated carbocycles. The van der Waals surface area contributed by atoms with E-state index in [2.05, 4.69) is 20.8 Å². The van der Waals surface area contributed by atoms with Gasteiger partial charge in [0.05, 0.1) is 0 Å². The Morgan fingerprint density at radius 2 is 2.14 bits per heavy atom. The first-order chi connectivity index (χ1) is 6.56. The molecule has 1 aliphatic carbocycles. The molecule has 1 aliphatic heterocycles. The van der Waals surface area contributed by atoms with Gasteiger partial charge in [-0.2, -0.15) is 0 Å². The molecule has 0 aromatic rings. The fraction of sp³-hybridized carbons (Fsp3) is 0.750. The van der Waals surface area contributed by atoms with Crippen LogP contribution >= 0.6 is 0 Å². The van der Waals surface area contributed by atoms with E-state index in [9.17, 15) is 4.79 Å². The number of ether oxygens (including phenoxy) is 1. The Kier molecular flexibility index (Phi) is 2.17. The predicted molar refractivity (Wildman–Crippen MR) is 54.8 cm³/mol. The number of hydrogen-bond donors (Lipinski definition) is 0. The Hall–Kier alpha value is -0.790. The van der Waals surface area contributed by atoms with Gasteiger partial charge in [0.2, 0.25) is 0 Å². The van der Waals surface area contributed by atoms with E-state index >= 15 is 0 Å². The van der Waals surface area contributed by atoms with Crippen molar-refractivity contribution in [3.8, 4) is 0 Å². The minimum absolute atomic E-state index is 0.0162. The summed E-state index contributed by atoms with van der Waals surface area (Å²) in [6.45, 7) is 6.46. The van der Waals surface area contributed by atoms with Crippen molar-refractivity contribution in [2.75, 3.05) is 0 Å². The topological polar surface area (TPSA) is 26.3 Å². The van der Waals surface area contributed by atoms with Crippen molar-refractivity contribution >= 4 is 5.97 Å². The molecule has 0 amide bonds. The molecular weight excluding hydrogens is 176 g/mol. The normalized spacial score (nSPS) is 36.6. The monoisotopic (exact) mass is 194 g/mol. The molecule has 2 heteroatoms. The Morgan fingerprint density at radius 1 is 1.43 bits per heavy atom. The van der Waals surface area contributed by atoms with E-state index in [0.717, 1.165) is 19.3 Å². The van der Waals surface area contributed by atoms with Crippen LogP contribution in [0.15, 0.2) is 11.1 Å². The van der Waals surface area contributed by atoms with Gasteiger partial charge < -0.3 is 4.74 Å². The maximum Gasteiger partial charge on any atom is 0.306 e. The van der Waals surface area contributed by atoms with Crippen molar-refractivity contribution < 1.29 is 9.53 Å². The smallest absolute Gasteiger partial charge is 0.306 e. The maximum atomic E-state index is 11.3. The maximum absolute atomic E-state index is 11.3. The average Bonchev–Trinajstić information content (AvgIpc) is 2.61. The molecule has 0 aromatic heterocycles. The molecule has 78 valence electrons. The number of rotatable bonds is 0. The zero-order chi connectivity index (χ0) is 10.3. The molecule has 0 radical (unpaired) electrons. The molecule has 2 nitrogen and oxygen atoms in total. The van der Waals surface area contributed by atoms with Gasteiger partial charge in [0, 0.05) is 18.8 Å². The first-order valence-corrected chi connectivity index (χ1v) is 5.45. The van der Waals surface area contributed by atoms with E-state index in [0.29, 0.717) is 12.3 Å². The molecule has 2 fully saturated rings. The zero-order valence-electron chi connectivity index (χ0n) is 9.22. The third-order valence-corrected chi connectivity index (χ3v) is 3.73. The Morgan fingerprint density at radius 3 is 2.64 bits per heavy atom. The van der Waals surface area contributed by atoms with Crippen molar-refractivity contribution in [3.05, 3.63) is 11.1 Å². The van der Waals surface area contributed by atoms with E-state index in [-0.39, 0.29) is 11.6 Å². The quantitative estimate of drug-likeness (QED) is 0.438. The summed E-state index contributed by atoms with van der Waals surface area (Å²) in [6.07, 6.45) is 3.76. The van der Waals surface area contributed by atoms with Crippen LogP contribution in [0, 0.1) is 5.92 Å². The summed E-state index contributed by atoms with van der Waals surface area (Å²) in [4.78, 5) is 11.3. The minimum Gasteiger partial charge on any atom is -0.454 e. The zero-order valence-corrected chi connectivity index (χ0v) is 9.22. The fourth-order valence-electron chi connectivity index (χ4n) is 2.93. The molecule has 2 aliphatic rings. The van der Waals surface area contributed by atoms with Gasteiger partial charge in [0.25, 0.3) is 0 Å². The second-order valence-electron chi connectivity index (χ2n) is 4.78. The lowest BCUT2D eigenvalue weighted by Crippen LogP contribution is -2.33. The number of esters is 1. The summed E-state index contributed by atoms with van der Waals surface area (Å²) in [6, 6.07) is 0. The molecule has 0 bridgehead atoms. The van der Waals surface area contributed by atoms with Crippen LogP contribution in [0.25, 0.3) is 0 Å². The predicted octanol–water partition coefficient (Wildman–Crippen LogP) is 2.83. The standard InChI is InChI=1S/C12H18O2/c1-8(2)10-5-4-9(3)12(10)7-6-11(13)14-12/h9H,4-7H2,1-3H3/t9-,12+/m0/s1. The third-order valence-electron chi connectivity index (χ3n) is 3.73. The van der Waals surface area contributed by atoms with Crippen molar-refractivity contribution in [3.63, 3.8) is 0 Å². The van der Waals surface area contributed by atoms with E-state index < -0.39 is 0 Å². The van der Waals surface area contributed by atoms with Crippen LogP contribution in [-0.4, -0.2) is 11.6 Å². The molecule has 14 heavy (non-hydrogen) atoms. The van der Waals surface area contributed by atoms with Crippen LogP contribution in [0.3, 0.4) is 0 Å². The summed E-state index contributed by atoms with van der Waals surface area (Å²) in [5, 5.41) is 0. The van der Waals surface area contributed by atoms with Crippen LogP contribution in [0.2, 0.25) is 0 Å². The van der Waals surface area contributed by atoms with Gasteiger partial charge in [0.15, 0.2) is 0 Å². The lowest BCUT2D eigenvalue weighted by atomic mass is 9.85.